The molecule has 0 aliphatic rings. The minimum absolute atomic E-state index is 0.103. The minimum Gasteiger partial charge on any atom is -0.384 e. The molecule has 8 nitrogen and oxygen atoms in total. The summed E-state index contributed by atoms with van der Waals surface area (Å²) >= 11 is 0. The molecule has 208 valence electrons. The highest BCUT2D eigenvalue weighted by Gasteiger charge is 2.31. The number of ether oxygens (including phenoxy) is 1. The number of nitrogens with zero attached hydrogens (tertiary/aromatic N) is 3. The van der Waals surface area contributed by atoms with Crippen LogP contribution in [0.2, 0.25) is 0 Å². The van der Waals surface area contributed by atoms with Crippen LogP contribution in [0, 0.1) is 0 Å². The summed E-state index contributed by atoms with van der Waals surface area (Å²) in [7, 11) is 1.54. The van der Waals surface area contributed by atoms with Crippen molar-refractivity contribution in [2.45, 2.75) is 12.6 Å². The largest absolute Gasteiger partial charge is 0.416 e. The van der Waals surface area contributed by atoms with Crippen molar-refractivity contribution in [1.29, 1.82) is 0 Å². The van der Waals surface area contributed by atoms with Crippen molar-refractivity contribution in [3.8, 4) is 22.4 Å². The van der Waals surface area contributed by atoms with Crippen LogP contribution in [0.4, 0.5) is 24.5 Å². The number of amides is 2. The van der Waals surface area contributed by atoms with Gasteiger partial charge < -0.3 is 15.4 Å². The molecule has 2 amide bonds. The second-order valence-corrected chi connectivity index (χ2v) is 9.11. The maximum atomic E-state index is 13.1. The number of carbonyl (C=O) groups excluding carboxylic acids is 2. The van der Waals surface area contributed by atoms with Crippen LogP contribution >= 0.6 is 0 Å². The highest BCUT2D eigenvalue weighted by Crippen LogP contribution is 2.31. The zero-order valence-corrected chi connectivity index (χ0v) is 21.8. The molecule has 0 bridgehead atoms. The molecular weight excluding hydrogens is 535 g/mol. The smallest absolute Gasteiger partial charge is 0.384 e. The Kier molecular flexibility index (Phi) is 7.79. The summed E-state index contributed by atoms with van der Waals surface area (Å²) in [6.45, 7) is 0.339. The molecule has 5 rings (SSSR count). The van der Waals surface area contributed by atoms with E-state index in [2.05, 4.69) is 20.7 Å². The van der Waals surface area contributed by atoms with E-state index < -0.39 is 17.6 Å². The highest BCUT2D eigenvalue weighted by molar-refractivity contribution is 6.04. The van der Waals surface area contributed by atoms with Gasteiger partial charge in [-0.3, -0.25) is 9.59 Å². The predicted octanol–water partition coefficient (Wildman–Crippen LogP) is 6.31. The summed E-state index contributed by atoms with van der Waals surface area (Å²) in [5, 5.41) is 10.0. The van der Waals surface area contributed by atoms with Gasteiger partial charge in [-0.2, -0.15) is 18.3 Å². The van der Waals surface area contributed by atoms with Gasteiger partial charge in [-0.1, -0.05) is 30.3 Å². The molecule has 0 aliphatic heterocycles. The first-order valence-corrected chi connectivity index (χ1v) is 12.5. The van der Waals surface area contributed by atoms with Crippen molar-refractivity contribution in [3.05, 3.63) is 102 Å². The molecule has 5 aromatic rings. The lowest BCUT2D eigenvalue weighted by Crippen LogP contribution is -2.14. The Morgan fingerprint density at radius 2 is 1.68 bits per heavy atom. The van der Waals surface area contributed by atoms with E-state index in [1.807, 2.05) is 18.2 Å². The zero-order chi connectivity index (χ0) is 29.0. The first-order valence-electron chi connectivity index (χ1n) is 12.5. The third-order valence-electron chi connectivity index (χ3n) is 6.28. The number of hydrogen-bond donors (Lipinski definition) is 2. The molecule has 2 heterocycles. The Morgan fingerprint density at radius 1 is 0.902 bits per heavy atom. The molecule has 0 saturated carbocycles. The third-order valence-corrected chi connectivity index (χ3v) is 6.28. The van der Waals surface area contributed by atoms with Crippen LogP contribution in [0.5, 0.6) is 0 Å². The number of carbonyl (C=O) groups is 2. The fourth-order valence-corrected chi connectivity index (χ4v) is 4.26. The normalized spacial score (nSPS) is 11.4. The molecule has 0 spiro atoms. The van der Waals surface area contributed by atoms with Crippen molar-refractivity contribution < 1.29 is 27.5 Å². The number of anilines is 2. The molecule has 0 radical (unpaired) electrons. The number of rotatable bonds is 8. The molecule has 11 heteroatoms. The summed E-state index contributed by atoms with van der Waals surface area (Å²) < 4.78 is 45.8. The van der Waals surface area contributed by atoms with Gasteiger partial charge >= 0.3 is 6.18 Å². The van der Waals surface area contributed by atoms with Gasteiger partial charge in [0.25, 0.3) is 5.91 Å². The van der Waals surface area contributed by atoms with Crippen LogP contribution in [-0.2, 0) is 15.7 Å². The topological polar surface area (TPSA) is 97.6 Å². The number of halogens is 3. The zero-order valence-electron chi connectivity index (χ0n) is 21.8. The maximum Gasteiger partial charge on any atom is 0.416 e. The van der Waals surface area contributed by atoms with E-state index in [1.165, 1.54) is 19.2 Å². The Labute approximate surface area is 232 Å². The number of aromatic nitrogens is 3. The van der Waals surface area contributed by atoms with E-state index in [4.69, 9.17) is 4.74 Å². The lowest BCUT2D eigenvalue weighted by atomic mass is 10.1. The molecule has 2 aromatic heterocycles. The summed E-state index contributed by atoms with van der Waals surface area (Å²) in [6, 6.07) is 20.3. The predicted molar refractivity (Wildman–Crippen MR) is 148 cm³/mol. The number of fused-ring (bicyclic) bond motifs is 1. The average molecular weight is 560 g/mol. The highest BCUT2D eigenvalue weighted by atomic mass is 19.4. The van der Waals surface area contributed by atoms with E-state index in [0.717, 1.165) is 23.3 Å². The van der Waals surface area contributed by atoms with Crippen LogP contribution in [0.25, 0.3) is 28.0 Å². The molecular formula is C30H24F3N5O3. The number of benzene rings is 3. The second-order valence-electron chi connectivity index (χ2n) is 9.11. The van der Waals surface area contributed by atoms with Crippen molar-refractivity contribution in [2.24, 2.45) is 0 Å². The maximum absolute atomic E-state index is 13.1. The van der Waals surface area contributed by atoms with Crippen LogP contribution in [-0.4, -0.2) is 40.1 Å². The van der Waals surface area contributed by atoms with E-state index >= 15 is 0 Å². The molecule has 0 saturated heterocycles. The van der Waals surface area contributed by atoms with Crippen LogP contribution in [0.1, 0.15) is 22.3 Å². The van der Waals surface area contributed by atoms with E-state index in [9.17, 15) is 22.8 Å². The van der Waals surface area contributed by atoms with Gasteiger partial charge in [0.2, 0.25) is 5.91 Å². The number of methoxy groups -OCH3 is 1. The van der Waals surface area contributed by atoms with Crippen LogP contribution < -0.4 is 10.6 Å². The number of alkyl halides is 3. The van der Waals surface area contributed by atoms with Crippen molar-refractivity contribution in [2.75, 3.05) is 24.4 Å². The molecule has 0 fully saturated rings. The Morgan fingerprint density at radius 3 is 2.44 bits per heavy atom. The monoisotopic (exact) mass is 559 g/mol. The fourth-order valence-electron chi connectivity index (χ4n) is 4.26. The van der Waals surface area contributed by atoms with Crippen LogP contribution in [0.15, 0.2) is 91.3 Å². The van der Waals surface area contributed by atoms with Crippen molar-refractivity contribution in [1.82, 2.24) is 14.6 Å². The van der Waals surface area contributed by atoms with Gasteiger partial charge in [-0.05, 0) is 54.1 Å². The first-order chi connectivity index (χ1) is 19.7. The van der Waals surface area contributed by atoms with Gasteiger partial charge in [-0.15, -0.1) is 0 Å². The standard InChI is InChI=1S/C30H24F3N5O3/c1-41-15-13-27(39)36-23-10-8-19(9-11-23)25-18-35-38-26(12-14-34-28(25)38)20-4-3-7-24(17-20)37-29(40)21-5-2-6-22(16-21)30(31,32)33/h2-12,14,16-18H,13,15H2,1H3,(H,36,39)(H,37,40). The number of nitrogens with one attached hydrogen (secondary N) is 2. The summed E-state index contributed by atoms with van der Waals surface area (Å²) in [4.78, 5) is 29.2. The molecule has 0 aliphatic carbocycles. The minimum atomic E-state index is -4.55. The van der Waals surface area contributed by atoms with Gasteiger partial charge in [-0.25, -0.2) is 9.50 Å². The lowest BCUT2D eigenvalue weighted by molar-refractivity contribution is -0.137. The van der Waals surface area contributed by atoms with Crippen molar-refractivity contribution >= 4 is 28.8 Å². The summed E-state index contributed by atoms with van der Waals surface area (Å²) in [5.41, 5.74) is 3.69. The SMILES string of the molecule is COCCC(=O)Nc1ccc(-c2cnn3c(-c4cccc(NC(=O)c5cccc(C(F)(F)F)c5)c4)ccnc23)cc1. The van der Waals surface area contributed by atoms with E-state index in [-0.39, 0.29) is 17.9 Å². The van der Waals surface area contributed by atoms with E-state index in [0.29, 0.717) is 34.9 Å². The van der Waals surface area contributed by atoms with E-state index in [1.54, 1.807) is 53.3 Å². The second kappa shape index (κ2) is 11.6. The first kappa shape index (κ1) is 27.5. The van der Waals surface area contributed by atoms with Gasteiger partial charge in [0.05, 0.1) is 30.5 Å². The Bertz CT molecular complexity index is 1720. The summed E-state index contributed by atoms with van der Waals surface area (Å²) in [6.07, 6.45) is -0.950. The molecule has 3 aromatic carbocycles. The molecule has 41 heavy (non-hydrogen) atoms. The lowest BCUT2D eigenvalue weighted by Gasteiger charge is -2.11. The Hall–Kier alpha value is -5.03. The molecule has 2 N–H and O–H groups in total. The average Bonchev–Trinajstić information content (AvgIpc) is 3.41. The third kappa shape index (κ3) is 6.25. The molecule has 0 atom stereocenters. The van der Waals surface area contributed by atoms with Gasteiger partial charge in [0, 0.05) is 41.4 Å². The Balaban J connectivity index is 1.38. The van der Waals surface area contributed by atoms with Crippen LogP contribution in [0.3, 0.4) is 0 Å². The number of hydrogen-bond acceptors (Lipinski definition) is 5. The molecule has 0 unspecified atom stereocenters. The quantitative estimate of drug-likeness (QED) is 0.232. The van der Waals surface area contributed by atoms with Gasteiger partial charge in [0.1, 0.15) is 0 Å². The fraction of sp³-hybridized carbons (Fsp3) is 0.133. The van der Waals surface area contributed by atoms with Gasteiger partial charge in [0.15, 0.2) is 5.65 Å². The summed E-state index contributed by atoms with van der Waals surface area (Å²) in [5.74, 6) is -0.803. The van der Waals surface area contributed by atoms with Crippen molar-refractivity contribution in [3.63, 3.8) is 0 Å².